The van der Waals surface area contributed by atoms with Crippen molar-refractivity contribution in [1.29, 1.82) is 0 Å². The smallest absolute Gasteiger partial charge is 0.277 e. The summed E-state index contributed by atoms with van der Waals surface area (Å²) in [6.07, 6.45) is 1.38. The van der Waals surface area contributed by atoms with Gasteiger partial charge in [-0.15, -0.1) is 21.5 Å². The number of fused-ring (bicyclic) bond motifs is 1. The molecule has 0 aliphatic carbocycles. The summed E-state index contributed by atoms with van der Waals surface area (Å²) >= 11 is 2.91. The molecule has 0 saturated carbocycles. The van der Waals surface area contributed by atoms with Crippen molar-refractivity contribution < 1.29 is 13.9 Å². The molecule has 0 fully saturated rings. The van der Waals surface area contributed by atoms with Gasteiger partial charge in [-0.2, -0.15) is 0 Å². The van der Waals surface area contributed by atoms with Crippen LogP contribution in [0.5, 0.6) is 5.75 Å². The van der Waals surface area contributed by atoms with Crippen LogP contribution in [0.15, 0.2) is 57.5 Å². The van der Waals surface area contributed by atoms with Crippen molar-refractivity contribution in [1.82, 2.24) is 15.2 Å². The lowest BCUT2D eigenvalue weighted by atomic mass is 10.1. The fourth-order valence-electron chi connectivity index (χ4n) is 3.80. The van der Waals surface area contributed by atoms with Gasteiger partial charge in [-0.1, -0.05) is 30.0 Å². The standard InChI is InChI=1S/C24H22N4O3S2/c1-15-25-20(13-32-15)17-5-8-21-18(12-17)9-10-28(21)23(29)14-33-24-27-26-22(31-24)11-16-3-6-19(30-2)7-4-16/h3-8,12-13H,9-11,14H2,1-2H3. The number of thiazole rings is 1. The molecule has 0 radical (unpaired) electrons. The number of aryl methyl sites for hydroxylation is 1. The minimum absolute atomic E-state index is 0.0332. The third-order valence-electron chi connectivity index (χ3n) is 5.47. The summed E-state index contributed by atoms with van der Waals surface area (Å²) in [5.74, 6) is 1.60. The highest BCUT2D eigenvalue weighted by atomic mass is 32.2. The first-order chi connectivity index (χ1) is 16.1. The van der Waals surface area contributed by atoms with E-state index in [0.717, 1.165) is 39.7 Å². The predicted octanol–water partition coefficient (Wildman–Crippen LogP) is 4.78. The number of aromatic nitrogens is 3. The van der Waals surface area contributed by atoms with Crippen LogP contribution >= 0.6 is 23.1 Å². The summed E-state index contributed by atoms with van der Waals surface area (Å²) in [5, 5.41) is 11.7. The zero-order chi connectivity index (χ0) is 22.8. The number of amides is 1. The van der Waals surface area contributed by atoms with Gasteiger partial charge in [-0.05, 0) is 48.7 Å². The maximum atomic E-state index is 12.9. The Labute approximate surface area is 199 Å². The van der Waals surface area contributed by atoms with Gasteiger partial charge in [0.2, 0.25) is 11.8 Å². The Hall–Kier alpha value is -3.17. The average Bonchev–Trinajstić information content (AvgIpc) is 3.57. The molecule has 2 aromatic carbocycles. The van der Waals surface area contributed by atoms with E-state index >= 15 is 0 Å². The first-order valence-corrected chi connectivity index (χ1v) is 12.4. The second-order valence-corrected chi connectivity index (χ2v) is 9.65. The molecule has 3 heterocycles. The van der Waals surface area contributed by atoms with Gasteiger partial charge < -0.3 is 14.1 Å². The minimum Gasteiger partial charge on any atom is -0.497 e. The summed E-state index contributed by atoms with van der Waals surface area (Å²) in [6, 6.07) is 13.9. The molecule has 0 saturated heterocycles. The molecule has 1 amide bonds. The molecule has 1 aliphatic heterocycles. The zero-order valence-electron chi connectivity index (χ0n) is 18.3. The second kappa shape index (κ2) is 9.36. The molecular formula is C24H22N4O3S2. The van der Waals surface area contributed by atoms with Crippen LogP contribution in [-0.2, 0) is 17.6 Å². The highest BCUT2D eigenvalue weighted by Gasteiger charge is 2.25. The number of ether oxygens (including phenoxy) is 1. The van der Waals surface area contributed by atoms with Crippen molar-refractivity contribution in [2.45, 2.75) is 25.0 Å². The zero-order valence-corrected chi connectivity index (χ0v) is 19.9. The van der Waals surface area contributed by atoms with Crippen LogP contribution in [0.3, 0.4) is 0 Å². The Bertz CT molecular complexity index is 1280. The van der Waals surface area contributed by atoms with Crippen molar-refractivity contribution in [2.75, 3.05) is 24.3 Å². The molecule has 33 heavy (non-hydrogen) atoms. The number of benzene rings is 2. The Morgan fingerprint density at radius 2 is 2.06 bits per heavy atom. The van der Waals surface area contributed by atoms with E-state index in [-0.39, 0.29) is 11.7 Å². The molecule has 0 unspecified atom stereocenters. The number of hydrogen-bond donors (Lipinski definition) is 0. The summed E-state index contributed by atoms with van der Waals surface area (Å²) in [4.78, 5) is 19.3. The molecular weight excluding hydrogens is 456 g/mol. The highest BCUT2D eigenvalue weighted by molar-refractivity contribution is 7.99. The number of nitrogens with zero attached hydrogens (tertiary/aromatic N) is 4. The van der Waals surface area contributed by atoms with E-state index in [1.807, 2.05) is 48.2 Å². The van der Waals surface area contributed by atoms with Crippen molar-refractivity contribution in [3.8, 4) is 17.0 Å². The molecule has 0 atom stereocenters. The lowest BCUT2D eigenvalue weighted by molar-refractivity contribution is -0.116. The monoisotopic (exact) mass is 478 g/mol. The lowest BCUT2D eigenvalue weighted by Crippen LogP contribution is -2.30. The predicted molar refractivity (Wildman–Crippen MR) is 129 cm³/mol. The molecule has 168 valence electrons. The Morgan fingerprint density at radius 3 is 2.82 bits per heavy atom. The topological polar surface area (TPSA) is 81.4 Å². The van der Waals surface area contributed by atoms with Crippen LogP contribution in [0.4, 0.5) is 5.69 Å². The van der Waals surface area contributed by atoms with E-state index in [2.05, 4.69) is 26.6 Å². The van der Waals surface area contributed by atoms with Crippen molar-refractivity contribution in [2.24, 2.45) is 0 Å². The maximum absolute atomic E-state index is 12.9. The third-order valence-corrected chi connectivity index (χ3v) is 7.05. The number of hydrogen-bond acceptors (Lipinski definition) is 8. The third kappa shape index (κ3) is 4.79. The molecule has 1 aliphatic rings. The average molecular weight is 479 g/mol. The van der Waals surface area contributed by atoms with Gasteiger partial charge in [0.25, 0.3) is 5.22 Å². The van der Waals surface area contributed by atoms with Crippen molar-refractivity contribution in [3.63, 3.8) is 0 Å². The van der Waals surface area contributed by atoms with Crippen LogP contribution in [0.25, 0.3) is 11.3 Å². The van der Waals surface area contributed by atoms with Crippen molar-refractivity contribution in [3.05, 3.63) is 69.9 Å². The van der Waals surface area contributed by atoms with Crippen LogP contribution in [0, 0.1) is 6.92 Å². The number of methoxy groups -OCH3 is 1. The molecule has 5 rings (SSSR count). The quantitative estimate of drug-likeness (QED) is 0.354. The Morgan fingerprint density at radius 1 is 1.21 bits per heavy atom. The van der Waals surface area contributed by atoms with Crippen LogP contribution in [0.1, 0.15) is 22.0 Å². The summed E-state index contributed by atoms with van der Waals surface area (Å²) in [5.41, 5.74) is 5.28. The number of thioether (sulfide) groups is 1. The number of carbonyl (C=O) groups excluding carboxylic acids is 1. The fraction of sp³-hybridized carbons (Fsp3) is 0.250. The van der Waals surface area contributed by atoms with E-state index in [4.69, 9.17) is 9.15 Å². The first-order valence-electron chi connectivity index (χ1n) is 10.5. The SMILES string of the molecule is COc1ccc(Cc2nnc(SCC(=O)N3CCc4cc(-c5csc(C)n5)ccc43)o2)cc1. The van der Waals surface area contributed by atoms with Crippen LogP contribution < -0.4 is 9.64 Å². The van der Waals surface area contributed by atoms with Gasteiger partial charge in [0.15, 0.2) is 0 Å². The van der Waals surface area contributed by atoms with Gasteiger partial charge in [0.1, 0.15) is 5.75 Å². The fourth-order valence-corrected chi connectivity index (χ4v) is 5.08. The molecule has 2 aromatic heterocycles. The lowest BCUT2D eigenvalue weighted by Gasteiger charge is -2.16. The van der Waals surface area contributed by atoms with E-state index in [0.29, 0.717) is 24.1 Å². The van der Waals surface area contributed by atoms with Gasteiger partial charge >= 0.3 is 0 Å². The first kappa shape index (κ1) is 21.7. The van der Waals surface area contributed by atoms with Gasteiger partial charge in [-0.3, -0.25) is 4.79 Å². The Balaban J connectivity index is 1.19. The molecule has 0 spiro atoms. The minimum atomic E-state index is 0.0332. The summed E-state index contributed by atoms with van der Waals surface area (Å²) < 4.78 is 10.9. The molecule has 4 aromatic rings. The van der Waals surface area contributed by atoms with E-state index < -0.39 is 0 Å². The van der Waals surface area contributed by atoms with Gasteiger partial charge in [-0.25, -0.2) is 4.98 Å². The number of carbonyl (C=O) groups is 1. The molecule has 7 nitrogen and oxygen atoms in total. The van der Waals surface area contributed by atoms with Crippen LogP contribution in [0.2, 0.25) is 0 Å². The maximum Gasteiger partial charge on any atom is 0.277 e. The van der Waals surface area contributed by atoms with Crippen molar-refractivity contribution >= 4 is 34.7 Å². The molecule has 0 N–H and O–H groups in total. The van der Waals surface area contributed by atoms with E-state index in [1.165, 1.54) is 17.3 Å². The van der Waals surface area contributed by atoms with Gasteiger partial charge in [0, 0.05) is 23.2 Å². The summed E-state index contributed by atoms with van der Waals surface area (Å²) in [6.45, 7) is 2.69. The van der Waals surface area contributed by atoms with Crippen LogP contribution in [-0.4, -0.2) is 40.5 Å². The van der Waals surface area contributed by atoms with Gasteiger partial charge in [0.05, 0.1) is 30.0 Å². The summed E-state index contributed by atoms with van der Waals surface area (Å²) in [7, 11) is 1.64. The largest absolute Gasteiger partial charge is 0.497 e. The Kier molecular flexibility index (Phi) is 6.15. The second-order valence-electron chi connectivity index (χ2n) is 7.67. The highest BCUT2D eigenvalue weighted by Crippen LogP contribution is 2.33. The number of rotatable bonds is 7. The number of anilines is 1. The molecule has 0 bridgehead atoms. The molecule has 9 heteroatoms. The normalized spacial score (nSPS) is 12.7. The van der Waals surface area contributed by atoms with E-state index in [1.54, 1.807) is 18.4 Å². The van der Waals surface area contributed by atoms with E-state index in [9.17, 15) is 4.79 Å².